The number of nitrogens with zero attached hydrogens (tertiary/aromatic N) is 2. The van der Waals surface area contributed by atoms with Crippen LogP contribution in [0.4, 0.5) is 0 Å². The van der Waals surface area contributed by atoms with Crippen LogP contribution in [0.5, 0.6) is 0 Å². The Kier molecular flexibility index (Phi) is 3.47. The lowest BCUT2D eigenvalue weighted by Gasteiger charge is -2.57. The van der Waals surface area contributed by atoms with Crippen LogP contribution in [-0.2, 0) is 9.59 Å². The highest BCUT2D eigenvalue weighted by atomic mass is 16.2. The standard InChI is InChI=1S/C20H30N2O2/c23-18(21-3-5-22(6-4-21)19(24)17-1-2-17)13-20-10-14-7-15(11-20)9-16(8-14)12-20/h14-17H,1-13H2. The fraction of sp³-hybridized carbons (Fsp3) is 0.900. The molecule has 0 spiro atoms. The van der Waals surface area contributed by atoms with Crippen molar-refractivity contribution in [3.63, 3.8) is 0 Å². The van der Waals surface area contributed by atoms with Gasteiger partial charge in [-0.2, -0.15) is 0 Å². The second-order valence-corrected chi connectivity index (χ2v) is 9.57. The predicted molar refractivity (Wildman–Crippen MR) is 91.1 cm³/mol. The highest BCUT2D eigenvalue weighted by molar-refractivity contribution is 5.82. The van der Waals surface area contributed by atoms with Crippen molar-refractivity contribution in [1.82, 2.24) is 9.80 Å². The van der Waals surface area contributed by atoms with Crippen LogP contribution in [0, 0.1) is 29.1 Å². The topological polar surface area (TPSA) is 40.6 Å². The smallest absolute Gasteiger partial charge is 0.225 e. The largest absolute Gasteiger partial charge is 0.339 e. The minimum atomic E-state index is 0.305. The van der Waals surface area contributed by atoms with Crippen LogP contribution in [0.15, 0.2) is 0 Å². The number of rotatable bonds is 3. The van der Waals surface area contributed by atoms with E-state index < -0.39 is 0 Å². The Morgan fingerprint density at radius 2 is 1.29 bits per heavy atom. The molecule has 6 fully saturated rings. The van der Waals surface area contributed by atoms with Gasteiger partial charge in [0.05, 0.1) is 0 Å². The van der Waals surface area contributed by atoms with Crippen LogP contribution in [0.1, 0.15) is 57.8 Å². The maximum atomic E-state index is 12.9. The summed E-state index contributed by atoms with van der Waals surface area (Å²) in [7, 11) is 0. The average molecular weight is 330 g/mol. The van der Waals surface area contributed by atoms with Crippen molar-refractivity contribution < 1.29 is 9.59 Å². The van der Waals surface area contributed by atoms with Gasteiger partial charge in [-0.15, -0.1) is 0 Å². The summed E-state index contributed by atoms with van der Waals surface area (Å²) in [6.07, 6.45) is 11.2. The van der Waals surface area contributed by atoms with Crippen molar-refractivity contribution in [2.45, 2.75) is 57.8 Å². The minimum absolute atomic E-state index is 0.305. The van der Waals surface area contributed by atoms with Crippen LogP contribution in [0.2, 0.25) is 0 Å². The lowest BCUT2D eigenvalue weighted by atomic mass is 9.49. The van der Waals surface area contributed by atoms with Gasteiger partial charge in [-0.3, -0.25) is 9.59 Å². The van der Waals surface area contributed by atoms with E-state index >= 15 is 0 Å². The molecule has 0 unspecified atom stereocenters. The zero-order valence-corrected chi connectivity index (χ0v) is 14.7. The first-order chi connectivity index (χ1) is 11.6. The molecule has 1 aliphatic heterocycles. The lowest BCUT2D eigenvalue weighted by molar-refractivity contribution is -0.145. The third-order valence-electron chi connectivity index (χ3n) is 7.56. The quantitative estimate of drug-likeness (QED) is 0.798. The molecule has 4 nitrogen and oxygen atoms in total. The first-order valence-electron chi connectivity index (χ1n) is 10.2. The Morgan fingerprint density at radius 1 is 0.792 bits per heavy atom. The number of piperazine rings is 1. The molecule has 6 rings (SSSR count). The number of hydrogen-bond acceptors (Lipinski definition) is 2. The number of carbonyl (C=O) groups is 2. The molecule has 6 aliphatic rings. The fourth-order valence-corrected chi connectivity index (χ4v) is 6.70. The molecule has 4 heteroatoms. The van der Waals surface area contributed by atoms with Gasteiger partial charge in [0.1, 0.15) is 0 Å². The van der Waals surface area contributed by atoms with Crippen LogP contribution >= 0.6 is 0 Å². The van der Waals surface area contributed by atoms with Crippen molar-refractivity contribution in [3.8, 4) is 0 Å². The molecule has 5 saturated carbocycles. The molecule has 0 N–H and O–H groups in total. The van der Waals surface area contributed by atoms with Gasteiger partial charge >= 0.3 is 0 Å². The molecule has 24 heavy (non-hydrogen) atoms. The van der Waals surface area contributed by atoms with Gasteiger partial charge < -0.3 is 9.80 Å². The highest BCUT2D eigenvalue weighted by Gasteiger charge is 2.51. The van der Waals surface area contributed by atoms with Gasteiger partial charge in [0, 0.05) is 38.5 Å². The van der Waals surface area contributed by atoms with Gasteiger partial charge in [-0.05, 0) is 74.5 Å². The maximum absolute atomic E-state index is 12.9. The van der Waals surface area contributed by atoms with E-state index in [0.29, 0.717) is 23.1 Å². The van der Waals surface area contributed by atoms with Gasteiger partial charge in [0.25, 0.3) is 0 Å². The van der Waals surface area contributed by atoms with E-state index in [4.69, 9.17) is 0 Å². The lowest BCUT2D eigenvalue weighted by Crippen LogP contribution is -2.53. The summed E-state index contributed by atoms with van der Waals surface area (Å²) in [4.78, 5) is 29.1. The summed E-state index contributed by atoms with van der Waals surface area (Å²) in [6.45, 7) is 3.01. The van der Waals surface area contributed by atoms with Crippen molar-refractivity contribution in [2.24, 2.45) is 29.1 Å². The Labute approximate surface area is 144 Å². The van der Waals surface area contributed by atoms with E-state index in [0.717, 1.165) is 63.2 Å². The minimum Gasteiger partial charge on any atom is -0.339 e. The van der Waals surface area contributed by atoms with E-state index in [-0.39, 0.29) is 0 Å². The second-order valence-electron chi connectivity index (χ2n) is 9.57. The van der Waals surface area contributed by atoms with E-state index in [1.54, 1.807) is 0 Å². The van der Waals surface area contributed by atoms with Crippen molar-refractivity contribution >= 4 is 11.8 Å². The molecular formula is C20H30N2O2. The number of hydrogen-bond donors (Lipinski definition) is 0. The molecule has 1 saturated heterocycles. The van der Waals surface area contributed by atoms with E-state index in [2.05, 4.69) is 4.90 Å². The third-order valence-corrected chi connectivity index (χ3v) is 7.56. The second kappa shape index (κ2) is 5.47. The highest BCUT2D eigenvalue weighted by Crippen LogP contribution is 2.61. The summed E-state index contributed by atoms with van der Waals surface area (Å²) >= 11 is 0. The zero-order chi connectivity index (χ0) is 16.3. The Bertz CT molecular complexity index is 511. The molecule has 0 atom stereocenters. The summed E-state index contributed by atoms with van der Waals surface area (Å²) < 4.78 is 0. The average Bonchev–Trinajstić information content (AvgIpc) is 3.37. The molecule has 0 aromatic carbocycles. The van der Waals surface area contributed by atoms with Crippen molar-refractivity contribution in [2.75, 3.05) is 26.2 Å². The monoisotopic (exact) mass is 330 g/mol. The van der Waals surface area contributed by atoms with Crippen LogP contribution in [0.25, 0.3) is 0 Å². The fourth-order valence-electron chi connectivity index (χ4n) is 6.70. The summed E-state index contributed by atoms with van der Waals surface area (Å²) in [5.74, 6) is 3.75. The Hall–Kier alpha value is -1.06. The number of carbonyl (C=O) groups excluding carboxylic acids is 2. The van der Waals surface area contributed by atoms with Gasteiger partial charge in [-0.25, -0.2) is 0 Å². The summed E-state index contributed by atoms with van der Waals surface area (Å²) in [5, 5.41) is 0. The molecule has 132 valence electrons. The Morgan fingerprint density at radius 3 is 1.79 bits per heavy atom. The van der Waals surface area contributed by atoms with Crippen LogP contribution < -0.4 is 0 Å². The SMILES string of the molecule is O=C(CC12CC3CC(CC(C3)C1)C2)N1CCN(C(=O)C2CC2)CC1. The van der Waals surface area contributed by atoms with Crippen LogP contribution in [-0.4, -0.2) is 47.8 Å². The molecule has 5 aliphatic carbocycles. The maximum Gasteiger partial charge on any atom is 0.225 e. The van der Waals surface area contributed by atoms with Crippen molar-refractivity contribution in [3.05, 3.63) is 0 Å². The van der Waals surface area contributed by atoms with Gasteiger partial charge in [0.2, 0.25) is 11.8 Å². The molecule has 0 radical (unpaired) electrons. The van der Waals surface area contributed by atoms with Crippen molar-refractivity contribution in [1.29, 1.82) is 0 Å². The van der Waals surface area contributed by atoms with Crippen LogP contribution in [0.3, 0.4) is 0 Å². The Balaban J connectivity index is 1.18. The molecule has 1 heterocycles. The first kappa shape index (κ1) is 15.2. The van der Waals surface area contributed by atoms with Gasteiger partial charge in [0.15, 0.2) is 0 Å². The molecule has 0 aromatic rings. The molecular weight excluding hydrogens is 300 g/mol. The van der Waals surface area contributed by atoms with E-state index in [1.165, 1.54) is 38.5 Å². The predicted octanol–water partition coefficient (Wildman–Crippen LogP) is 2.67. The summed E-state index contributed by atoms with van der Waals surface area (Å²) in [6, 6.07) is 0. The molecule has 0 aromatic heterocycles. The number of amides is 2. The van der Waals surface area contributed by atoms with E-state index in [9.17, 15) is 9.59 Å². The zero-order valence-electron chi connectivity index (χ0n) is 14.7. The third kappa shape index (κ3) is 2.66. The normalized spacial score (nSPS) is 40.9. The van der Waals surface area contributed by atoms with Gasteiger partial charge in [-0.1, -0.05) is 0 Å². The molecule has 2 amide bonds. The van der Waals surface area contributed by atoms with E-state index in [1.807, 2.05) is 4.90 Å². The molecule has 4 bridgehead atoms. The summed E-state index contributed by atoms with van der Waals surface area (Å²) in [5.41, 5.74) is 0.340. The first-order valence-corrected chi connectivity index (χ1v) is 10.2.